The SMILES string of the molecule is CC(=O)NC(c1ccccc1)C(O)C(=O)OC1CC2(O)C(C)C3[C@]4(O)COC4CC(O)[C@@]3(C)C(=O)C(O)C(=C1C)C2(C)C. The molecule has 6 N–H and O–H groups in total. The van der Waals surface area contributed by atoms with E-state index in [1.54, 1.807) is 58.0 Å². The second-order valence-corrected chi connectivity index (χ2v) is 13.7. The minimum absolute atomic E-state index is 0.00351. The third-order valence-corrected chi connectivity index (χ3v) is 11.2. The maximum absolute atomic E-state index is 14.2. The molecule has 0 radical (unpaired) electrons. The van der Waals surface area contributed by atoms with Gasteiger partial charge in [-0.2, -0.15) is 0 Å². The second-order valence-electron chi connectivity index (χ2n) is 13.7. The zero-order valence-electron chi connectivity index (χ0n) is 25.4. The van der Waals surface area contributed by atoms with Gasteiger partial charge in [0.1, 0.15) is 17.8 Å². The molecule has 3 fully saturated rings. The van der Waals surface area contributed by atoms with Crippen LogP contribution >= 0.6 is 0 Å². The van der Waals surface area contributed by atoms with E-state index in [2.05, 4.69) is 5.32 Å². The summed E-state index contributed by atoms with van der Waals surface area (Å²) in [6, 6.07) is 7.33. The van der Waals surface area contributed by atoms with Crippen LogP contribution in [-0.2, 0) is 23.9 Å². The standard InChI is InChI=1S/C32H43NO10/c1-15-19(43-28(39)25(37)23(33-17(3)34)18-10-8-7-9-11-18)13-32(41)16(2)26-30(6,20(35)12-21-31(26,40)14-42-21)27(38)24(36)22(15)29(32,4)5/h7-11,16,19-21,23-26,35-37,40-41H,12-14H2,1-6H3,(H,33,34)/t16?,19?,20?,21?,23?,24?,25?,26?,30-,31+,32?/m1/s1. The summed E-state index contributed by atoms with van der Waals surface area (Å²) < 4.78 is 11.4. The van der Waals surface area contributed by atoms with Gasteiger partial charge in [-0.3, -0.25) is 9.59 Å². The van der Waals surface area contributed by atoms with E-state index in [-0.39, 0.29) is 25.0 Å². The van der Waals surface area contributed by atoms with Crippen LogP contribution in [0.3, 0.4) is 0 Å². The molecule has 236 valence electrons. The molecule has 3 aliphatic carbocycles. The average molecular weight is 602 g/mol. The zero-order valence-corrected chi connectivity index (χ0v) is 25.4. The Morgan fingerprint density at radius 3 is 2.30 bits per heavy atom. The highest BCUT2D eigenvalue weighted by Gasteiger charge is 2.74. The van der Waals surface area contributed by atoms with Crippen LogP contribution < -0.4 is 5.32 Å². The Labute approximate surface area is 250 Å². The Balaban J connectivity index is 1.57. The first-order chi connectivity index (χ1) is 19.9. The van der Waals surface area contributed by atoms with Crippen molar-refractivity contribution >= 4 is 17.7 Å². The fourth-order valence-corrected chi connectivity index (χ4v) is 8.68. The number of Topliss-reactive ketones (excluding diaryl/α,β-unsaturated/α-hetero) is 1. The molecule has 9 unspecified atom stereocenters. The lowest BCUT2D eigenvalue weighted by Crippen LogP contribution is -2.78. The summed E-state index contributed by atoms with van der Waals surface area (Å²) in [5.74, 6) is -4.08. The van der Waals surface area contributed by atoms with Crippen molar-refractivity contribution in [1.82, 2.24) is 5.32 Å². The van der Waals surface area contributed by atoms with Crippen LogP contribution in [0.1, 0.15) is 66.0 Å². The number of hydrogen-bond acceptors (Lipinski definition) is 10. The zero-order chi connectivity index (χ0) is 31.9. The van der Waals surface area contributed by atoms with Crippen molar-refractivity contribution in [3.05, 3.63) is 47.0 Å². The van der Waals surface area contributed by atoms with Crippen molar-refractivity contribution in [2.75, 3.05) is 6.61 Å². The highest BCUT2D eigenvalue weighted by Crippen LogP contribution is 2.64. The van der Waals surface area contributed by atoms with Gasteiger partial charge in [0.2, 0.25) is 5.91 Å². The van der Waals surface area contributed by atoms with Gasteiger partial charge in [0, 0.05) is 31.1 Å². The van der Waals surface area contributed by atoms with E-state index in [0.29, 0.717) is 11.1 Å². The molecule has 4 aliphatic rings. The molecular weight excluding hydrogens is 558 g/mol. The molecule has 0 aromatic heterocycles. The van der Waals surface area contributed by atoms with E-state index in [4.69, 9.17) is 9.47 Å². The van der Waals surface area contributed by atoms with Crippen LogP contribution in [0.15, 0.2) is 41.5 Å². The van der Waals surface area contributed by atoms with E-state index in [9.17, 15) is 39.9 Å². The number of fused-ring (bicyclic) bond motifs is 5. The molecule has 11 nitrogen and oxygen atoms in total. The lowest BCUT2D eigenvalue weighted by Gasteiger charge is -2.67. The van der Waals surface area contributed by atoms with Crippen LogP contribution in [0.25, 0.3) is 0 Å². The van der Waals surface area contributed by atoms with Crippen LogP contribution in [0, 0.1) is 22.7 Å². The first-order valence-corrected chi connectivity index (χ1v) is 14.8. The summed E-state index contributed by atoms with van der Waals surface area (Å²) in [6.07, 6.45) is -6.90. The predicted octanol–water partition coefficient (Wildman–Crippen LogP) is 0.711. The summed E-state index contributed by atoms with van der Waals surface area (Å²) in [7, 11) is 0. The highest BCUT2D eigenvalue weighted by atomic mass is 16.6. The van der Waals surface area contributed by atoms with Crippen LogP contribution in [0.4, 0.5) is 0 Å². The number of aliphatic hydroxyl groups excluding tert-OH is 3. The van der Waals surface area contributed by atoms with Gasteiger partial charge in [0.05, 0.1) is 35.9 Å². The molecule has 43 heavy (non-hydrogen) atoms. The van der Waals surface area contributed by atoms with Gasteiger partial charge in [0.15, 0.2) is 11.9 Å². The topological polar surface area (TPSA) is 183 Å². The van der Waals surface area contributed by atoms with Crippen LogP contribution in [0.5, 0.6) is 0 Å². The number of benzene rings is 1. The molecule has 11 atom stereocenters. The number of amides is 1. The maximum atomic E-state index is 14.2. The van der Waals surface area contributed by atoms with Gasteiger partial charge >= 0.3 is 5.97 Å². The molecule has 1 heterocycles. The lowest BCUT2D eigenvalue weighted by molar-refractivity contribution is -0.335. The van der Waals surface area contributed by atoms with E-state index < -0.39 is 88.1 Å². The Kier molecular flexibility index (Phi) is 7.72. The number of carbonyl (C=O) groups is 3. The van der Waals surface area contributed by atoms with E-state index in [1.807, 2.05) is 0 Å². The van der Waals surface area contributed by atoms with Gasteiger partial charge < -0.3 is 40.3 Å². The Morgan fingerprint density at radius 2 is 1.74 bits per heavy atom. The highest BCUT2D eigenvalue weighted by molar-refractivity contribution is 5.93. The molecule has 0 spiro atoms. The van der Waals surface area contributed by atoms with Crippen molar-refractivity contribution in [3.63, 3.8) is 0 Å². The number of nitrogens with one attached hydrogen (secondary N) is 1. The number of carbonyl (C=O) groups excluding carboxylic acids is 3. The molecule has 1 aromatic rings. The van der Waals surface area contributed by atoms with E-state index >= 15 is 0 Å². The number of esters is 1. The smallest absolute Gasteiger partial charge is 0.338 e. The minimum atomic E-state index is -1.81. The third-order valence-electron chi connectivity index (χ3n) is 11.2. The lowest BCUT2D eigenvalue weighted by atomic mass is 9.43. The number of ketones is 1. The van der Waals surface area contributed by atoms with Crippen molar-refractivity contribution in [3.8, 4) is 0 Å². The molecule has 5 rings (SSSR count). The Morgan fingerprint density at radius 1 is 1.12 bits per heavy atom. The minimum Gasteiger partial charge on any atom is -0.456 e. The van der Waals surface area contributed by atoms with E-state index in [1.165, 1.54) is 13.8 Å². The fourth-order valence-electron chi connectivity index (χ4n) is 8.68. The van der Waals surface area contributed by atoms with Crippen molar-refractivity contribution < 1.29 is 49.4 Å². The summed E-state index contributed by atoms with van der Waals surface area (Å²) in [5.41, 5.74) is -5.14. The Bertz CT molecular complexity index is 1340. The molecular formula is C32H43NO10. The van der Waals surface area contributed by atoms with Crippen molar-refractivity contribution in [1.29, 1.82) is 0 Å². The van der Waals surface area contributed by atoms with Gasteiger partial charge in [0.25, 0.3) is 0 Å². The molecule has 2 saturated carbocycles. The number of ether oxygens (including phenoxy) is 2. The normalized spacial score (nSPS) is 41.4. The summed E-state index contributed by atoms with van der Waals surface area (Å²) >= 11 is 0. The monoisotopic (exact) mass is 601 g/mol. The quantitative estimate of drug-likeness (QED) is 0.208. The maximum Gasteiger partial charge on any atom is 0.338 e. The van der Waals surface area contributed by atoms with Crippen molar-refractivity contribution in [2.24, 2.45) is 22.7 Å². The van der Waals surface area contributed by atoms with Crippen LogP contribution in [-0.4, -0.2) is 91.5 Å². The molecule has 1 aliphatic heterocycles. The number of aliphatic hydroxyl groups is 5. The molecule has 1 aromatic carbocycles. The summed E-state index contributed by atoms with van der Waals surface area (Å²) in [4.78, 5) is 39.6. The molecule has 2 bridgehead atoms. The van der Waals surface area contributed by atoms with E-state index in [0.717, 1.165) is 0 Å². The predicted molar refractivity (Wildman–Crippen MR) is 152 cm³/mol. The molecule has 1 saturated heterocycles. The molecule has 1 amide bonds. The summed E-state index contributed by atoms with van der Waals surface area (Å²) in [5, 5.41) is 61.1. The van der Waals surface area contributed by atoms with Crippen molar-refractivity contribution in [2.45, 2.75) is 102 Å². The molecule has 11 heteroatoms. The second kappa shape index (κ2) is 10.5. The fraction of sp³-hybridized carbons (Fsp3) is 0.656. The van der Waals surface area contributed by atoms with Gasteiger partial charge in [-0.05, 0) is 36.5 Å². The first kappa shape index (κ1) is 31.7. The van der Waals surface area contributed by atoms with Gasteiger partial charge in [-0.1, -0.05) is 51.1 Å². The number of rotatable bonds is 5. The van der Waals surface area contributed by atoms with Crippen LogP contribution in [0.2, 0.25) is 0 Å². The largest absolute Gasteiger partial charge is 0.456 e. The van der Waals surface area contributed by atoms with Gasteiger partial charge in [-0.25, -0.2) is 4.79 Å². The van der Waals surface area contributed by atoms with Gasteiger partial charge in [-0.15, -0.1) is 0 Å². The third kappa shape index (κ3) is 4.42. The number of hydrogen-bond donors (Lipinski definition) is 6. The average Bonchev–Trinajstić information content (AvgIpc) is 2.94. The Hall–Kier alpha value is -2.67. The first-order valence-electron chi connectivity index (χ1n) is 14.8. The summed E-state index contributed by atoms with van der Waals surface area (Å²) in [6.45, 7) is 9.41.